The number of thiophene rings is 1. The zero-order valence-electron chi connectivity index (χ0n) is 18.1. The summed E-state index contributed by atoms with van der Waals surface area (Å²) in [6.07, 6.45) is 6.38. The Morgan fingerprint density at radius 3 is 2.90 bits per heavy atom. The van der Waals surface area contributed by atoms with E-state index in [0.29, 0.717) is 29.4 Å². The van der Waals surface area contributed by atoms with Crippen LogP contribution in [0.15, 0.2) is 45.4 Å². The number of hydrogen-bond acceptors (Lipinski definition) is 7. The Labute approximate surface area is 190 Å². The van der Waals surface area contributed by atoms with Crippen molar-refractivity contribution >= 4 is 23.1 Å². The molecule has 31 heavy (non-hydrogen) atoms. The highest BCUT2D eigenvalue weighted by Crippen LogP contribution is 2.42. The summed E-state index contributed by atoms with van der Waals surface area (Å²) in [5.41, 5.74) is 1.31. The van der Waals surface area contributed by atoms with E-state index in [1.165, 1.54) is 34.7 Å². The molecule has 1 aliphatic carbocycles. The normalized spacial score (nSPS) is 16.3. The summed E-state index contributed by atoms with van der Waals surface area (Å²) in [6, 6.07) is 3.59. The van der Waals surface area contributed by atoms with Crippen LogP contribution in [0.4, 0.5) is 0 Å². The van der Waals surface area contributed by atoms with Crippen LogP contribution in [0, 0.1) is 11.3 Å². The highest BCUT2D eigenvalue weighted by atomic mass is 32.2. The Bertz CT molecular complexity index is 1150. The van der Waals surface area contributed by atoms with Crippen molar-refractivity contribution < 1.29 is 9.52 Å². The van der Waals surface area contributed by atoms with Crippen LogP contribution < -0.4 is 5.43 Å². The van der Waals surface area contributed by atoms with E-state index < -0.39 is 5.43 Å². The lowest BCUT2D eigenvalue weighted by Crippen LogP contribution is -2.26. The Hall–Kier alpha value is -2.32. The first kappa shape index (κ1) is 21.9. The number of rotatable bonds is 6. The molecule has 3 aromatic rings. The van der Waals surface area contributed by atoms with Crippen LogP contribution in [0.1, 0.15) is 43.4 Å². The number of aryl methyl sites for hydroxylation is 1. The molecule has 0 amide bonds. The molecule has 0 aromatic carbocycles. The van der Waals surface area contributed by atoms with Crippen molar-refractivity contribution in [1.29, 1.82) is 0 Å². The van der Waals surface area contributed by atoms with Crippen molar-refractivity contribution in [2.75, 3.05) is 0 Å². The lowest BCUT2D eigenvalue weighted by Gasteiger charge is -2.33. The third-order valence-corrected chi connectivity index (χ3v) is 7.99. The van der Waals surface area contributed by atoms with E-state index in [0.717, 1.165) is 35.0 Å². The minimum atomic E-state index is -0.451. The molecule has 0 bridgehead atoms. The van der Waals surface area contributed by atoms with Crippen LogP contribution >= 0.6 is 23.1 Å². The van der Waals surface area contributed by atoms with Crippen LogP contribution in [0.25, 0.3) is 10.7 Å². The van der Waals surface area contributed by atoms with Crippen molar-refractivity contribution in [2.24, 2.45) is 11.3 Å². The van der Waals surface area contributed by atoms with Crippen molar-refractivity contribution in [3.05, 3.63) is 57.5 Å². The van der Waals surface area contributed by atoms with Gasteiger partial charge in [0.2, 0.25) is 5.43 Å². The molecule has 0 radical (unpaired) electrons. The Morgan fingerprint density at radius 2 is 2.19 bits per heavy atom. The van der Waals surface area contributed by atoms with E-state index in [4.69, 9.17) is 4.42 Å². The number of hydrogen-bond donors (Lipinski definition) is 1. The summed E-state index contributed by atoms with van der Waals surface area (Å²) in [5, 5.41) is 19.0. The molecule has 1 atom stereocenters. The van der Waals surface area contributed by atoms with Gasteiger partial charge in [0.15, 0.2) is 16.7 Å². The molecule has 4 rings (SSSR count). The summed E-state index contributed by atoms with van der Waals surface area (Å²) in [5.74, 6) is 2.04. The first-order valence-corrected chi connectivity index (χ1v) is 12.2. The van der Waals surface area contributed by atoms with Gasteiger partial charge in [0.25, 0.3) is 0 Å². The van der Waals surface area contributed by atoms with Gasteiger partial charge in [0, 0.05) is 17.5 Å². The molecule has 0 spiro atoms. The van der Waals surface area contributed by atoms with Crippen molar-refractivity contribution in [3.63, 3.8) is 0 Å². The molecule has 1 unspecified atom stereocenters. The number of fused-ring (bicyclic) bond motifs is 1. The molecule has 3 heterocycles. The summed E-state index contributed by atoms with van der Waals surface area (Å²) >= 11 is 3.26. The van der Waals surface area contributed by atoms with Crippen LogP contribution in [-0.4, -0.2) is 19.9 Å². The molecule has 6 nitrogen and oxygen atoms in total. The molecule has 1 N–H and O–H groups in total. The van der Waals surface area contributed by atoms with Gasteiger partial charge < -0.3 is 9.52 Å². The smallest absolute Gasteiger partial charge is 0.226 e. The van der Waals surface area contributed by atoms with Gasteiger partial charge in [0.1, 0.15) is 12.0 Å². The van der Waals surface area contributed by atoms with Gasteiger partial charge in [-0.05, 0) is 42.2 Å². The third kappa shape index (κ3) is 4.65. The summed E-state index contributed by atoms with van der Waals surface area (Å²) in [7, 11) is 0. The number of nitrogens with zero attached hydrogens (tertiary/aromatic N) is 3. The molecule has 3 aromatic heterocycles. The van der Waals surface area contributed by atoms with Crippen molar-refractivity contribution in [1.82, 2.24) is 14.8 Å². The standard InChI is InChI=1S/C23H27N3O3S2/c1-5-8-26-21(20-10-14-9-15(23(2,3)4)6-7-19(14)31-20)24-25-22(26)30-13-16-11-17(27)18(28)12-29-16/h5,10-12,15,28H,1,6-9,13H2,2-4H3. The average molecular weight is 458 g/mol. The van der Waals surface area contributed by atoms with Gasteiger partial charge in [-0.2, -0.15) is 0 Å². The molecule has 0 fully saturated rings. The maximum Gasteiger partial charge on any atom is 0.226 e. The van der Waals surface area contributed by atoms with Crippen molar-refractivity contribution in [3.8, 4) is 16.5 Å². The predicted molar refractivity (Wildman–Crippen MR) is 125 cm³/mol. The number of thioether (sulfide) groups is 1. The molecule has 0 saturated heterocycles. The molecular formula is C23H27N3O3S2. The van der Waals surface area contributed by atoms with Gasteiger partial charge in [-0.15, -0.1) is 28.1 Å². The van der Waals surface area contributed by atoms with E-state index >= 15 is 0 Å². The largest absolute Gasteiger partial charge is 0.502 e. The van der Waals surface area contributed by atoms with E-state index in [2.05, 4.69) is 48.2 Å². The van der Waals surface area contributed by atoms with Crippen LogP contribution in [-0.2, 0) is 25.1 Å². The molecule has 164 valence electrons. The fraction of sp³-hybridized carbons (Fsp3) is 0.435. The fourth-order valence-electron chi connectivity index (χ4n) is 3.90. The lowest BCUT2D eigenvalue weighted by molar-refractivity contribution is 0.217. The monoisotopic (exact) mass is 457 g/mol. The molecule has 0 saturated carbocycles. The Morgan fingerprint density at radius 1 is 1.39 bits per heavy atom. The quantitative estimate of drug-likeness (QED) is 0.400. The maximum absolute atomic E-state index is 11.6. The Kier molecular flexibility index (Phi) is 6.12. The maximum atomic E-state index is 11.6. The third-order valence-electron chi connectivity index (χ3n) is 5.77. The summed E-state index contributed by atoms with van der Waals surface area (Å²) in [4.78, 5) is 14.2. The van der Waals surface area contributed by atoms with Gasteiger partial charge in [-0.1, -0.05) is 38.6 Å². The summed E-state index contributed by atoms with van der Waals surface area (Å²) in [6.45, 7) is 11.5. The van der Waals surface area contributed by atoms with E-state index in [9.17, 15) is 9.90 Å². The first-order valence-electron chi connectivity index (χ1n) is 10.4. The highest BCUT2D eigenvalue weighted by Gasteiger charge is 2.30. The van der Waals surface area contributed by atoms with Gasteiger partial charge >= 0.3 is 0 Å². The summed E-state index contributed by atoms with van der Waals surface area (Å²) < 4.78 is 7.35. The first-order chi connectivity index (χ1) is 14.8. The number of aromatic nitrogens is 3. The van der Waals surface area contributed by atoms with Crippen LogP contribution in [0.2, 0.25) is 0 Å². The second kappa shape index (κ2) is 8.67. The van der Waals surface area contributed by atoms with Gasteiger partial charge in [-0.25, -0.2) is 0 Å². The van der Waals surface area contributed by atoms with E-state index in [1.807, 2.05) is 17.4 Å². The van der Waals surface area contributed by atoms with Crippen molar-refractivity contribution in [2.45, 2.75) is 57.5 Å². The van der Waals surface area contributed by atoms with E-state index in [-0.39, 0.29) is 5.75 Å². The number of allylic oxidation sites excluding steroid dienone is 1. The van der Waals surface area contributed by atoms with Crippen LogP contribution in [0.5, 0.6) is 5.75 Å². The number of aromatic hydroxyl groups is 1. The highest BCUT2D eigenvalue weighted by molar-refractivity contribution is 7.98. The second-order valence-corrected chi connectivity index (χ2v) is 11.0. The molecule has 1 aliphatic rings. The minimum absolute atomic E-state index is 0.315. The second-order valence-electron chi connectivity index (χ2n) is 8.95. The molecular weight excluding hydrogens is 430 g/mol. The van der Waals surface area contributed by atoms with Gasteiger partial charge in [0.05, 0.1) is 10.6 Å². The average Bonchev–Trinajstić information content (AvgIpc) is 3.31. The van der Waals surface area contributed by atoms with E-state index in [1.54, 1.807) is 0 Å². The molecule has 8 heteroatoms. The molecule has 0 aliphatic heterocycles. The lowest BCUT2D eigenvalue weighted by atomic mass is 9.72. The SMILES string of the molecule is C=CCn1c(SCc2cc(=O)c(O)co2)nnc1-c1cc2c(s1)CCC(C(C)(C)C)C2. The predicted octanol–water partition coefficient (Wildman–Crippen LogP) is 5.29. The zero-order valence-corrected chi connectivity index (χ0v) is 19.7. The minimum Gasteiger partial charge on any atom is -0.502 e. The zero-order chi connectivity index (χ0) is 22.2. The topological polar surface area (TPSA) is 81.2 Å². The Balaban J connectivity index is 1.58. The van der Waals surface area contributed by atoms with Crippen LogP contribution in [0.3, 0.4) is 0 Å². The van der Waals surface area contributed by atoms with Gasteiger partial charge in [-0.3, -0.25) is 9.36 Å². The fourth-order valence-corrected chi connectivity index (χ4v) is 5.94.